The second kappa shape index (κ2) is 5.46. The number of ether oxygens (including phenoxy) is 4. The van der Waals surface area contributed by atoms with Crippen LogP contribution in [0.1, 0.15) is 30.9 Å². The van der Waals surface area contributed by atoms with Crippen molar-refractivity contribution in [3.05, 3.63) is 41.5 Å². The average molecular weight is 344 g/mol. The van der Waals surface area contributed by atoms with Gasteiger partial charge in [-0.3, -0.25) is 0 Å². The molecule has 0 fully saturated rings. The molecule has 2 aromatic carbocycles. The van der Waals surface area contributed by atoms with Crippen LogP contribution in [0.2, 0.25) is 0 Å². The van der Waals surface area contributed by atoms with Crippen LogP contribution in [0.15, 0.2) is 30.3 Å². The first-order chi connectivity index (χ1) is 11.9. The van der Waals surface area contributed by atoms with E-state index >= 15 is 0 Å². The van der Waals surface area contributed by atoms with E-state index in [2.05, 4.69) is 0 Å². The molecule has 132 valence electrons. The number of aliphatic hydroxyl groups is 1. The molecule has 0 bridgehead atoms. The molecule has 2 aliphatic rings. The standard InChI is InChI=1S/C19H20O6/c1-10-17(11-5-4-6-13(22-3)18(11)20)12-7-15-16(24-9-23-15)8-14(12)25-19(10,2)21/h4-8,10,17,20-21H,9H2,1-3H3/t10-,17-,19+/m0/s1. The van der Waals surface area contributed by atoms with Gasteiger partial charge in [0.25, 0.3) is 0 Å². The minimum Gasteiger partial charge on any atom is -0.504 e. The monoisotopic (exact) mass is 344 g/mol. The highest BCUT2D eigenvalue weighted by molar-refractivity contribution is 5.59. The fraction of sp³-hybridized carbons (Fsp3) is 0.368. The van der Waals surface area contributed by atoms with Crippen LogP contribution >= 0.6 is 0 Å². The van der Waals surface area contributed by atoms with Gasteiger partial charge in [0, 0.05) is 36.0 Å². The molecular weight excluding hydrogens is 324 g/mol. The molecule has 2 aliphatic heterocycles. The van der Waals surface area contributed by atoms with Crippen molar-refractivity contribution in [2.24, 2.45) is 5.92 Å². The molecule has 0 saturated heterocycles. The van der Waals surface area contributed by atoms with Gasteiger partial charge < -0.3 is 29.2 Å². The summed E-state index contributed by atoms with van der Waals surface area (Å²) in [5.41, 5.74) is 1.49. The summed E-state index contributed by atoms with van der Waals surface area (Å²) in [7, 11) is 1.51. The maximum atomic E-state index is 10.8. The van der Waals surface area contributed by atoms with E-state index in [4.69, 9.17) is 18.9 Å². The van der Waals surface area contributed by atoms with Crippen molar-refractivity contribution in [2.45, 2.75) is 25.6 Å². The molecule has 0 unspecified atom stereocenters. The van der Waals surface area contributed by atoms with E-state index in [0.717, 1.165) is 5.56 Å². The number of phenols is 1. The Kier molecular flexibility index (Phi) is 3.47. The van der Waals surface area contributed by atoms with Gasteiger partial charge in [-0.2, -0.15) is 0 Å². The number of aromatic hydroxyl groups is 1. The average Bonchev–Trinajstić information content (AvgIpc) is 3.02. The van der Waals surface area contributed by atoms with E-state index in [9.17, 15) is 10.2 Å². The third kappa shape index (κ3) is 2.36. The van der Waals surface area contributed by atoms with Gasteiger partial charge in [0.05, 0.1) is 7.11 Å². The van der Waals surface area contributed by atoms with Crippen molar-refractivity contribution in [2.75, 3.05) is 13.9 Å². The topological polar surface area (TPSA) is 77.4 Å². The van der Waals surface area contributed by atoms with Gasteiger partial charge in [0.2, 0.25) is 12.6 Å². The lowest BCUT2D eigenvalue weighted by atomic mass is 9.75. The van der Waals surface area contributed by atoms with Crippen LogP contribution in [0, 0.1) is 5.92 Å². The predicted octanol–water partition coefficient (Wildman–Crippen LogP) is 3.00. The smallest absolute Gasteiger partial charge is 0.231 e. The molecule has 0 aromatic heterocycles. The summed E-state index contributed by atoms with van der Waals surface area (Å²) in [4.78, 5) is 0. The first-order valence-electron chi connectivity index (χ1n) is 8.13. The van der Waals surface area contributed by atoms with Crippen LogP contribution in [0.4, 0.5) is 0 Å². The summed E-state index contributed by atoms with van der Waals surface area (Å²) in [6, 6.07) is 8.92. The van der Waals surface area contributed by atoms with Crippen LogP contribution in [-0.4, -0.2) is 29.9 Å². The second-order valence-electron chi connectivity index (χ2n) is 6.56. The number of phenolic OH excluding ortho intramolecular Hbond substituents is 1. The third-order valence-corrected chi connectivity index (χ3v) is 5.09. The summed E-state index contributed by atoms with van der Waals surface area (Å²) in [5, 5.41) is 21.4. The highest BCUT2D eigenvalue weighted by Gasteiger charge is 2.45. The minimum absolute atomic E-state index is 0.0585. The van der Waals surface area contributed by atoms with Crippen molar-refractivity contribution in [3.63, 3.8) is 0 Å². The Hall–Kier alpha value is -2.60. The highest BCUT2D eigenvalue weighted by Crippen LogP contribution is 2.53. The zero-order valence-electron chi connectivity index (χ0n) is 14.3. The number of benzene rings is 2. The van der Waals surface area contributed by atoms with Gasteiger partial charge in [-0.15, -0.1) is 0 Å². The third-order valence-electron chi connectivity index (χ3n) is 5.09. The Bertz CT molecular complexity index is 829. The number of fused-ring (bicyclic) bond motifs is 2. The molecule has 0 spiro atoms. The van der Waals surface area contributed by atoms with E-state index in [1.165, 1.54) is 7.11 Å². The lowest BCUT2D eigenvalue weighted by Crippen LogP contribution is -2.45. The van der Waals surface area contributed by atoms with Gasteiger partial charge in [-0.05, 0) is 12.1 Å². The van der Waals surface area contributed by atoms with E-state index < -0.39 is 5.79 Å². The van der Waals surface area contributed by atoms with Gasteiger partial charge in [-0.25, -0.2) is 0 Å². The molecule has 25 heavy (non-hydrogen) atoms. The first-order valence-corrected chi connectivity index (χ1v) is 8.13. The first kappa shape index (κ1) is 15.9. The van der Waals surface area contributed by atoms with Crippen LogP contribution in [0.5, 0.6) is 28.7 Å². The fourth-order valence-corrected chi connectivity index (χ4v) is 3.56. The van der Waals surface area contributed by atoms with Crippen molar-refractivity contribution < 1.29 is 29.2 Å². The van der Waals surface area contributed by atoms with Crippen molar-refractivity contribution >= 4 is 0 Å². The Labute approximate surface area is 145 Å². The van der Waals surface area contributed by atoms with Crippen LogP contribution < -0.4 is 18.9 Å². The molecule has 6 nitrogen and oxygen atoms in total. The molecule has 6 heteroatoms. The maximum Gasteiger partial charge on any atom is 0.231 e. The summed E-state index contributed by atoms with van der Waals surface area (Å²) >= 11 is 0. The normalized spacial score (nSPS) is 26.7. The van der Waals surface area contributed by atoms with Crippen molar-refractivity contribution in [1.82, 2.24) is 0 Å². The van der Waals surface area contributed by atoms with Crippen LogP contribution in [-0.2, 0) is 0 Å². The Morgan fingerprint density at radius 3 is 2.56 bits per heavy atom. The number of hydrogen-bond acceptors (Lipinski definition) is 6. The molecule has 3 atom stereocenters. The van der Waals surface area contributed by atoms with E-state index in [0.29, 0.717) is 28.6 Å². The van der Waals surface area contributed by atoms with Gasteiger partial charge in [-0.1, -0.05) is 19.1 Å². The zero-order chi connectivity index (χ0) is 17.8. The molecule has 4 rings (SSSR count). The number of para-hydroxylation sites is 1. The van der Waals surface area contributed by atoms with Gasteiger partial charge in [0.1, 0.15) is 5.75 Å². The maximum absolute atomic E-state index is 10.8. The van der Waals surface area contributed by atoms with Gasteiger partial charge in [0.15, 0.2) is 23.0 Å². The highest BCUT2D eigenvalue weighted by atomic mass is 16.7. The quantitative estimate of drug-likeness (QED) is 0.872. The van der Waals surface area contributed by atoms with Crippen LogP contribution in [0.3, 0.4) is 0 Å². The Morgan fingerprint density at radius 2 is 1.84 bits per heavy atom. The molecule has 0 amide bonds. The number of rotatable bonds is 2. The lowest BCUT2D eigenvalue weighted by molar-refractivity contribution is -0.171. The largest absolute Gasteiger partial charge is 0.504 e. The SMILES string of the molecule is COc1cccc([C@H]2c3cc4c(cc3O[C@@](C)(O)[C@H]2C)OCO4)c1O. The van der Waals surface area contributed by atoms with Gasteiger partial charge >= 0.3 is 0 Å². The molecule has 0 aliphatic carbocycles. The van der Waals surface area contributed by atoms with Crippen molar-refractivity contribution in [3.8, 4) is 28.7 Å². The molecule has 0 saturated carbocycles. The molecule has 2 aromatic rings. The summed E-state index contributed by atoms with van der Waals surface area (Å²) in [6.45, 7) is 3.66. The van der Waals surface area contributed by atoms with Crippen molar-refractivity contribution in [1.29, 1.82) is 0 Å². The summed E-state index contributed by atoms with van der Waals surface area (Å²) in [5.74, 6) is 0.143. The molecular formula is C19H20O6. The van der Waals surface area contributed by atoms with E-state index in [1.807, 2.05) is 25.1 Å². The van der Waals surface area contributed by atoms with Crippen LogP contribution in [0.25, 0.3) is 0 Å². The minimum atomic E-state index is -1.40. The predicted molar refractivity (Wildman–Crippen MR) is 89.5 cm³/mol. The number of hydrogen-bond donors (Lipinski definition) is 2. The Balaban J connectivity index is 1.93. The molecule has 2 N–H and O–H groups in total. The van der Waals surface area contributed by atoms with E-state index in [1.54, 1.807) is 19.1 Å². The molecule has 0 radical (unpaired) electrons. The zero-order valence-corrected chi connectivity index (χ0v) is 14.3. The summed E-state index contributed by atoms with van der Waals surface area (Å²) in [6.07, 6.45) is 0. The number of methoxy groups -OCH3 is 1. The van der Waals surface area contributed by atoms with E-state index in [-0.39, 0.29) is 24.4 Å². The summed E-state index contributed by atoms with van der Waals surface area (Å²) < 4.78 is 21.9. The fourth-order valence-electron chi connectivity index (χ4n) is 3.56. The second-order valence-corrected chi connectivity index (χ2v) is 6.56. The Morgan fingerprint density at radius 1 is 1.12 bits per heavy atom. The lowest BCUT2D eigenvalue weighted by Gasteiger charge is -2.42. The molecule has 2 heterocycles.